The van der Waals surface area contributed by atoms with Gasteiger partial charge in [0.25, 0.3) is 0 Å². The van der Waals surface area contributed by atoms with Gasteiger partial charge in [0.1, 0.15) is 0 Å². The summed E-state index contributed by atoms with van der Waals surface area (Å²) >= 11 is 1.43. The summed E-state index contributed by atoms with van der Waals surface area (Å²) in [5.41, 5.74) is 0. The smallest absolute Gasteiger partial charge is 0.192 e. The molecule has 2 heteroatoms. The fraction of sp³-hybridized carbons (Fsp3) is 0.667. The normalized spacial score (nSPS) is 9.55. The molecule has 0 aliphatic rings. The van der Waals surface area contributed by atoms with Crippen molar-refractivity contribution in [2.45, 2.75) is 32.6 Å². The zero-order chi connectivity index (χ0) is 8.53. The Kier molecular flexibility index (Phi) is 7.69. The summed E-state index contributed by atoms with van der Waals surface area (Å²) < 4.78 is 0. The number of hydrogen-bond donors (Lipinski definition) is 0. The monoisotopic (exact) mass is 172 g/mol. The SMILES string of the molecule is C=CCC(=O)SCCCCC. The lowest BCUT2D eigenvalue weighted by molar-refractivity contribution is -0.110. The van der Waals surface area contributed by atoms with Crippen LogP contribution in [0.2, 0.25) is 0 Å². The molecule has 0 heterocycles. The van der Waals surface area contributed by atoms with Gasteiger partial charge in [-0.1, -0.05) is 37.6 Å². The molecule has 0 aromatic heterocycles. The predicted molar refractivity (Wildman–Crippen MR) is 51.8 cm³/mol. The van der Waals surface area contributed by atoms with Crippen molar-refractivity contribution in [2.75, 3.05) is 5.75 Å². The standard InChI is InChI=1S/C9H16OS/c1-3-5-6-8-11-9(10)7-4-2/h4H,2-3,5-8H2,1H3. The third kappa shape index (κ3) is 7.66. The molecule has 0 N–H and O–H groups in total. The molecule has 0 saturated carbocycles. The van der Waals surface area contributed by atoms with Crippen LogP contribution in [0.4, 0.5) is 0 Å². The van der Waals surface area contributed by atoms with Crippen LogP contribution in [-0.4, -0.2) is 10.9 Å². The molecule has 0 bridgehead atoms. The average molecular weight is 172 g/mol. The van der Waals surface area contributed by atoms with E-state index in [1.165, 1.54) is 24.6 Å². The van der Waals surface area contributed by atoms with Gasteiger partial charge in [0.2, 0.25) is 0 Å². The maximum Gasteiger partial charge on any atom is 0.192 e. The molecule has 0 aromatic carbocycles. The van der Waals surface area contributed by atoms with E-state index in [1.54, 1.807) is 6.08 Å². The molecule has 0 saturated heterocycles. The van der Waals surface area contributed by atoms with Crippen LogP contribution in [0.25, 0.3) is 0 Å². The van der Waals surface area contributed by atoms with Gasteiger partial charge in [-0.2, -0.15) is 0 Å². The highest BCUT2D eigenvalue weighted by atomic mass is 32.2. The van der Waals surface area contributed by atoms with Gasteiger partial charge in [-0.15, -0.1) is 6.58 Å². The Hall–Kier alpha value is -0.240. The molecule has 0 aliphatic carbocycles. The second kappa shape index (κ2) is 7.86. The van der Waals surface area contributed by atoms with E-state index in [4.69, 9.17) is 0 Å². The highest BCUT2D eigenvalue weighted by molar-refractivity contribution is 8.13. The summed E-state index contributed by atoms with van der Waals surface area (Å²) in [6, 6.07) is 0. The van der Waals surface area contributed by atoms with Crippen molar-refractivity contribution in [1.29, 1.82) is 0 Å². The molecule has 64 valence electrons. The van der Waals surface area contributed by atoms with E-state index in [2.05, 4.69) is 13.5 Å². The second-order valence-electron chi connectivity index (χ2n) is 2.42. The molecule has 0 rings (SSSR count). The van der Waals surface area contributed by atoms with Crippen LogP contribution >= 0.6 is 11.8 Å². The second-order valence-corrected chi connectivity index (χ2v) is 3.57. The zero-order valence-electron chi connectivity index (χ0n) is 7.14. The van der Waals surface area contributed by atoms with Crippen molar-refractivity contribution < 1.29 is 4.79 Å². The Morgan fingerprint density at radius 1 is 1.55 bits per heavy atom. The lowest BCUT2D eigenvalue weighted by Crippen LogP contribution is -1.90. The quantitative estimate of drug-likeness (QED) is 0.452. The largest absolute Gasteiger partial charge is 0.287 e. The molecular weight excluding hydrogens is 156 g/mol. The first-order chi connectivity index (χ1) is 5.31. The van der Waals surface area contributed by atoms with Crippen molar-refractivity contribution in [3.8, 4) is 0 Å². The van der Waals surface area contributed by atoms with E-state index in [0.29, 0.717) is 6.42 Å². The molecule has 0 fully saturated rings. The Labute approximate surface area is 73.3 Å². The molecule has 0 unspecified atom stereocenters. The van der Waals surface area contributed by atoms with Crippen molar-refractivity contribution in [1.82, 2.24) is 0 Å². The van der Waals surface area contributed by atoms with E-state index in [-0.39, 0.29) is 5.12 Å². The maximum absolute atomic E-state index is 10.9. The third-order valence-electron chi connectivity index (χ3n) is 1.32. The molecule has 0 amide bonds. The number of hydrogen-bond acceptors (Lipinski definition) is 2. The number of rotatable bonds is 6. The van der Waals surface area contributed by atoms with Crippen LogP contribution in [0.15, 0.2) is 12.7 Å². The number of allylic oxidation sites excluding steroid dienone is 1. The van der Waals surface area contributed by atoms with E-state index in [9.17, 15) is 4.79 Å². The molecule has 0 spiro atoms. The predicted octanol–water partition coefficient (Wildman–Crippen LogP) is 3.01. The highest BCUT2D eigenvalue weighted by Gasteiger charge is 1.97. The average Bonchev–Trinajstić information content (AvgIpc) is 1.99. The van der Waals surface area contributed by atoms with E-state index >= 15 is 0 Å². The molecule has 11 heavy (non-hydrogen) atoms. The van der Waals surface area contributed by atoms with Gasteiger partial charge in [0, 0.05) is 12.2 Å². The number of carbonyl (C=O) groups is 1. The number of carbonyl (C=O) groups excluding carboxylic acids is 1. The fourth-order valence-electron chi connectivity index (χ4n) is 0.715. The molecule has 0 radical (unpaired) electrons. The minimum atomic E-state index is 0.246. The first kappa shape index (κ1) is 10.8. The lowest BCUT2D eigenvalue weighted by atomic mass is 10.3. The first-order valence-corrected chi connectivity index (χ1v) is 5.06. The van der Waals surface area contributed by atoms with Gasteiger partial charge in [-0.25, -0.2) is 0 Å². The van der Waals surface area contributed by atoms with Crippen molar-refractivity contribution in [3.63, 3.8) is 0 Å². The fourth-order valence-corrected chi connectivity index (χ4v) is 1.53. The van der Waals surface area contributed by atoms with Gasteiger partial charge in [-0.05, 0) is 6.42 Å². The van der Waals surface area contributed by atoms with E-state index in [0.717, 1.165) is 12.2 Å². The zero-order valence-corrected chi connectivity index (χ0v) is 7.95. The van der Waals surface area contributed by atoms with Gasteiger partial charge < -0.3 is 0 Å². The number of unbranched alkanes of at least 4 members (excludes halogenated alkanes) is 2. The van der Waals surface area contributed by atoms with Crippen LogP contribution < -0.4 is 0 Å². The van der Waals surface area contributed by atoms with Crippen LogP contribution in [0, 0.1) is 0 Å². The van der Waals surface area contributed by atoms with Crippen molar-refractivity contribution in [3.05, 3.63) is 12.7 Å². The van der Waals surface area contributed by atoms with E-state index < -0.39 is 0 Å². The number of thioether (sulfide) groups is 1. The first-order valence-electron chi connectivity index (χ1n) is 4.07. The lowest BCUT2D eigenvalue weighted by Gasteiger charge is -1.96. The Balaban J connectivity index is 3.10. The van der Waals surface area contributed by atoms with E-state index in [1.807, 2.05) is 0 Å². The molecule has 0 aromatic rings. The van der Waals surface area contributed by atoms with Crippen molar-refractivity contribution in [2.24, 2.45) is 0 Å². The molecular formula is C9H16OS. The summed E-state index contributed by atoms with van der Waals surface area (Å²) in [5, 5.41) is 0.246. The Morgan fingerprint density at radius 3 is 2.82 bits per heavy atom. The van der Waals surface area contributed by atoms with Crippen LogP contribution in [0.1, 0.15) is 32.6 Å². The van der Waals surface area contributed by atoms with Crippen LogP contribution in [0.5, 0.6) is 0 Å². The van der Waals surface area contributed by atoms with Gasteiger partial charge >= 0.3 is 0 Å². The minimum absolute atomic E-state index is 0.246. The Bertz CT molecular complexity index is 121. The maximum atomic E-state index is 10.9. The van der Waals surface area contributed by atoms with Gasteiger partial charge in [0.15, 0.2) is 5.12 Å². The third-order valence-corrected chi connectivity index (χ3v) is 2.30. The molecule has 0 aliphatic heterocycles. The molecule has 1 nitrogen and oxygen atoms in total. The van der Waals surface area contributed by atoms with Crippen LogP contribution in [-0.2, 0) is 4.79 Å². The molecule has 0 atom stereocenters. The summed E-state index contributed by atoms with van der Waals surface area (Å²) in [6.07, 6.45) is 5.78. The topological polar surface area (TPSA) is 17.1 Å². The Morgan fingerprint density at radius 2 is 2.27 bits per heavy atom. The summed E-state index contributed by atoms with van der Waals surface area (Å²) in [5.74, 6) is 0.973. The minimum Gasteiger partial charge on any atom is -0.287 e. The highest BCUT2D eigenvalue weighted by Crippen LogP contribution is 2.09. The van der Waals surface area contributed by atoms with Gasteiger partial charge in [0.05, 0.1) is 0 Å². The van der Waals surface area contributed by atoms with Crippen molar-refractivity contribution >= 4 is 16.9 Å². The van der Waals surface area contributed by atoms with Gasteiger partial charge in [-0.3, -0.25) is 4.79 Å². The summed E-state index contributed by atoms with van der Waals surface area (Å²) in [6.45, 7) is 5.67. The van der Waals surface area contributed by atoms with Crippen LogP contribution in [0.3, 0.4) is 0 Å². The summed E-state index contributed by atoms with van der Waals surface area (Å²) in [4.78, 5) is 10.9. The summed E-state index contributed by atoms with van der Waals surface area (Å²) in [7, 11) is 0.